The second-order valence-corrected chi connectivity index (χ2v) is 5.76. The van der Waals surface area contributed by atoms with Crippen LogP contribution in [-0.2, 0) is 14.9 Å². The van der Waals surface area contributed by atoms with E-state index in [0.29, 0.717) is 5.70 Å². The number of carbonyl (C=O) groups is 1. The Hall–Kier alpha value is -1.08. The Morgan fingerprint density at radius 3 is 2.31 bits per heavy atom. The number of carbonyl (C=O) groups excluding carboxylic acids is 1. The maximum Gasteiger partial charge on any atom is 0.411 e. The van der Waals surface area contributed by atoms with E-state index < -0.39 is 27.6 Å². The molecule has 0 aliphatic rings. The molecule has 0 rings (SSSR count). The zero-order valence-electron chi connectivity index (χ0n) is 9.77. The molecule has 0 saturated heterocycles. The van der Waals surface area contributed by atoms with Gasteiger partial charge in [-0.1, -0.05) is 0 Å². The summed E-state index contributed by atoms with van der Waals surface area (Å²) < 4.78 is 34.2. The van der Waals surface area contributed by atoms with Crippen LogP contribution in [0.4, 0.5) is 4.79 Å². The highest BCUT2D eigenvalue weighted by molar-refractivity contribution is 7.85. The van der Waals surface area contributed by atoms with Gasteiger partial charge in [-0.05, 0) is 33.8 Å². The fourth-order valence-corrected chi connectivity index (χ4v) is 1.21. The molecule has 94 valence electrons. The standard InChI is InChI=1S/C9H17NO5S/c1-7(5-6-16(12,13)14)10-8(11)15-9(2,3)4/h5H,6H2,1-4H3,(H,10,11)(H,12,13,14). The molecule has 0 bridgehead atoms. The van der Waals surface area contributed by atoms with Crippen molar-refractivity contribution in [2.75, 3.05) is 5.75 Å². The lowest BCUT2D eigenvalue weighted by Gasteiger charge is -2.19. The van der Waals surface area contributed by atoms with Crippen molar-refractivity contribution in [1.82, 2.24) is 5.32 Å². The van der Waals surface area contributed by atoms with Crippen molar-refractivity contribution in [3.8, 4) is 0 Å². The number of ether oxygens (including phenoxy) is 1. The summed E-state index contributed by atoms with van der Waals surface area (Å²) in [6.07, 6.45) is 0.510. The van der Waals surface area contributed by atoms with Gasteiger partial charge in [-0.2, -0.15) is 8.42 Å². The molecule has 0 aliphatic carbocycles. The normalized spacial score (nSPS) is 13.4. The Morgan fingerprint density at radius 2 is 1.94 bits per heavy atom. The number of nitrogens with one attached hydrogen (secondary N) is 1. The lowest BCUT2D eigenvalue weighted by molar-refractivity contribution is 0.0546. The molecule has 0 aromatic carbocycles. The van der Waals surface area contributed by atoms with Crippen LogP contribution in [0.15, 0.2) is 11.8 Å². The van der Waals surface area contributed by atoms with Crippen LogP contribution in [0, 0.1) is 0 Å². The molecule has 2 N–H and O–H groups in total. The van der Waals surface area contributed by atoms with Gasteiger partial charge in [0.2, 0.25) is 0 Å². The Labute approximate surface area is 95.4 Å². The molecular formula is C9H17NO5S. The lowest BCUT2D eigenvalue weighted by Crippen LogP contribution is -2.31. The van der Waals surface area contributed by atoms with Crippen molar-refractivity contribution < 1.29 is 22.5 Å². The summed E-state index contributed by atoms with van der Waals surface area (Å²) in [5, 5.41) is 2.33. The van der Waals surface area contributed by atoms with Gasteiger partial charge >= 0.3 is 6.09 Å². The fraction of sp³-hybridized carbons (Fsp3) is 0.667. The number of allylic oxidation sites excluding steroid dienone is 1. The van der Waals surface area contributed by atoms with Gasteiger partial charge in [0.15, 0.2) is 0 Å². The highest BCUT2D eigenvalue weighted by Gasteiger charge is 2.16. The molecule has 0 fully saturated rings. The molecular weight excluding hydrogens is 234 g/mol. The molecule has 7 heteroatoms. The summed E-state index contributed by atoms with van der Waals surface area (Å²) in [4.78, 5) is 11.2. The zero-order chi connectivity index (χ0) is 13.0. The molecule has 0 spiro atoms. The fourth-order valence-electron chi connectivity index (χ4n) is 0.746. The summed E-state index contributed by atoms with van der Waals surface area (Å²) in [7, 11) is -4.06. The number of alkyl carbamates (subject to hydrolysis) is 1. The molecule has 0 saturated carbocycles. The summed E-state index contributed by atoms with van der Waals surface area (Å²) in [6, 6.07) is 0. The molecule has 0 aliphatic heterocycles. The van der Waals surface area contributed by atoms with Crippen molar-refractivity contribution in [2.24, 2.45) is 0 Å². The smallest absolute Gasteiger partial charge is 0.411 e. The average Bonchev–Trinajstić information content (AvgIpc) is 1.95. The van der Waals surface area contributed by atoms with Crippen molar-refractivity contribution in [3.05, 3.63) is 11.8 Å². The van der Waals surface area contributed by atoms with E-state index in [1.54, 1.807) is 20.8 Å². The van der Waals surface area contributed by atoms with Gasteiger partial charge in [-0.25, -0.2) is 4.79 Å². The largest absolute Gasteiger partial charge is 0.444 e. The molecule has 0 heterocycles. The van der Waals surface area contributed by atoms with Gasteiger partial charge in [0.1, 0.15) is 5.60 Å². The van der Waals surface area contributed by atoms with E-state index in [2.05, 4.69) is 5.32 Å². The van der Waals surface area contributed by atoms with Crippen LogP contribution in [-0.4, -0.2) is 30.4 Å². The Kier molecular flexibility index (Phi) is 4.95. The van der Waals surface area contributed by atoms with Gasteiger partial charge < -0.3 is 4.74 Å². The van der Waals surface area contributed by atoms with Crippen LogP contribution < -0.4 is 5.32 Å². The van der Waals surface area contributed by atoms with E-state index in [-0.39, 0.29) is 0 Å². The van der Waals surface area contributed by atoms with Crippen molar-refractivity contribution in [2.45, 2.75) is 33.3 Å². The Balaban J connectivity index is 4.25. The molecule has 0 aromatic rings. The van der Waals surface area contributed by atoms with E-state index >= 15 is 0 Å². The first-order valence-corrected chi connectivity index (χ1v) is 6.22. The first-order valence-electron chi connectivity index (χ1n) is 4.61. The van der Waals surface area contributed by atoms with Crippen molar-refractivity contribution >= 4 is 16.2 Å². The molecule has 6 nitrogen and oxygen atoms in total. The van der Waals surface area contributed by atoms with Crippen LogP contribution in [0.25, 0.3) is 0 Å². The Morgan fingerprint density at radius 1 is 1.44 bits per heavy atom. The van der Waals surface area contributed by atoms with Gasteiger partial charge in [-0.3, -0.25) is 9.87 Å². The topological polar surface area (TPSA) is 92.7 Å². The van der Waals surface area contributed by atoms with Crippen LogP contribution in [0.3, 0.4) is 0 Å². The predicted octanol–water partition coefficient (Wildman–Crippen LogP) is 1.30. The van der Waals surface area contributed by atoms with E-state index in [9.17, 15) is 13.2 Å². The maximum atomic E-state index is 11.2. The SMILES string of the molecule is CC(=CCS(=O)(=O)O)NC(=O)OC(C)(C)C. The van der Waals surface area contributed by atoms with Gasteiger partial charge in [0, 0.05) is 5.70 Å². The minimum absolute atomic E-state index is 0.298. The third-order valence-corrected chi connectivity index (χ3v) is 1.89. The maximum absolute atomic E-state index is 11.2. The molecule has 0 atom stereocenters. The predicted molar refractivity (Wildman–Crippen MR) is 59.5 cm³/mol. The third-order valence-electron chi connectivity index (χ3n) is 1.30. The van der Waals surface area contributed by atoms with Crippen molar-refractivity contribution in [3.63, 3.8) is 0 Å². The first kappa shape index (κ1) is 14.9. The second kappa shape index (κ2) is 5.31. The van der Waals surface area contributed by atoms with Crippen LogP contribution in [0.1, 0.15) is 27.7 Å². The minimum atomic E-state index is -4.06. The van der Waals surface area contributed by atoms with Gasteiger partial charge in [0.05, 0.1) is 5.75 Å². The number of amides is 1. The number of rotatable bonds is 3. The number of hydrogen-bond acceptors (Lipinski definition) is 4. The lowest BCUT2D eigenvalue weighted by atomic mass is 10.2. The average molecular weight is 251 g/mol. The summed E-state index contributed by atoms with van der Waals surface area (Å²) >= 11 is 0. The van der Waals surface area contributed by atoms with Crippen LogP contribution >= 0.6 is 0 Å². The van der Waals surface area contributed by atoms with Crippen LogP contribution in [0.2, 0.25) is 0 Å². The molecule has 0 aromatic heterocycles. The summed E-state index contributed by atoms with van der Waals surface area (Å²) in [6.45, 7) is 6.63. The first-order chi connectivity index (χ1) is 6.99. The monoisotopic (exact) mass is 251 g/mol. The molecule has 0 radical (unpaired) electrons. The second-order valence-electron chi connectivity index (χ2n) is 4.26. The zero-order valence-corrected chi connectivity index (χ0v) is 10.6. The summed E-state index contributed by atoms with van der Waals surface area (Å²) in [5.41, 5.74) is -0.320. The van der Waals surface area contributed by atoms with E-state index in [0.717, 1.165) is 0 Å². The van der Waals surface area contributed by atoms with Gasteiger partial charge in [-0.15, -0.1) is 0 Å². The molecule has 0 unspecified atom stereocenters. The van der Waals surface area contributed by atoms with E-state index in [1.807, 2.05) is 0 Å². The van der Waals surface area contributed by atoms with E-state index in [4.69, 9.17) is 9.29 Å². The van der Waals surface area contributed by atoms with E-state index in [1.165, 1.54) is 13.0 Å². The minimum Gasteiger partial charge on any atom is -0.444 e. The number of hydrogen-bond donors (Lipinski definition) is 2. The summed E-state index contributed by atoms with van der Waals surface area (Å²) in [5.74, 6) is -0.547. The molecule has 1 amide bonds. The Bertz CT molecular complexity index is 377. The van der Waals surface area contributed by atoms with Crippen LogP contribution in [0.5, 0.6) is 0 Å². The quantitative estimate of drug-likeness (QED) is 0.737. The highest BCUT2D eigenvalue weighted by atomic mass is 32.2. The van der Waals surface area contributed by atoms with Gasteiger partial charge in [0.25, 0.3) is 10.1 Å². The third kappa shape index (κ3) is 9.47. The van der Waals surface area contributed by atoms with Crippen molar-refractivity contribution in [1.29, 1.82) is 0 Å². The highest BCUT2D eigenvalue weighted by Crippen LogP contribution is 2.07. The molecule has 16 heavy (non-hydrogen) atoms.